The van der Waals surface area contributed by atoms with Crippen molar-refractivity contribution in [3.05, 3.63) is 41.0 Å². The van der Waals surface area contributed by atoms with E-state index in [-0.39, 0.29) is 11.7 Å². The summed E-state index contributed by atoms with van der Waals surface area (Å²) in [4.78, 5) is 30.7. The standard InChI is InChI=1S/C19H20N4O4S/c1-10(20-18(25)14-7-4-8-26-14)17(24)21-13-9-15(28-11(13)2)16-22-19(27-23-16)12-5-3-6-12/h4,7-10,12H,3,5-6H2,1-2H3,(H,20,25)(H,21,24). The first-order valence-electron chi connectivity index (χ1n) is 9.11. The topological polar surface area (TPSA) is 110 Å². The van der Waals surface area contributed by atoms with E-state index < -0.39 is 11.9 Å². The Morgan fingerprint density at radius 2 is 2.18 bits per heavy atom. The quantitative estimate of drug-likeness (QED) is 0.652. The highest BCUT2D eigenvalue weighted by atomic mass is 32.1. The summed E-state index contributed by atoms with van der Waals surface area (Å²) in [5, 5.41) is 9.52. The second kappa shape index (κ2) is 7.59. The number of aromatic nitrogens is 2. The van der Waals surface area contributed by atoms with Gasteiger partial charge in [-0.2, -0.15) is 4.98 Å². The van der Waals surface area contributed by atoms with Crippen LogP contribution in [0.2, 0.25) is 0 Å². The number of carbonyl (C=O) groups is 2. The van der Waals surface area contributed by atoms with Crippen molar-refractivity contribution in [3.63, 3.8) is 0 Å². The summed E-state index contributed by atoms with van der Waals surface area (Å²) in [6.45, 7) is 3.52. The minimum absolute atomic E-state index is 0.160. The summed E-state index contributed by atoms with van der Waals surface area (Å²) < 4.78 is 10.4. The molecule has 8 nitrogen and oxygen atoms in total. The summed E-state index contributed by atoms with van der Waals surface area (Å²) in [6, 6.07) is 4.26. The first-order chi connectivity index (χ1) is 13.5. The molecular formula is C19H20N4O4S. The van der Waals surface area contributed by atoms with Gasteiger partial charge in [0.1, 0.15) is 6.04 Å². The molecule has 2 amide bonds. The second-order valence-electron chi connectivity index (χ2n) is 6.83. The highest BCUT2D eigenvalue weighted by Crippen LogP contribution is 2.38. The molecule has 2 N–H and O–H groups in total. The van der Waals surface area contributed by atoms with Gasteiger partial charge in [0.25, 0.3) is 5.91 Å². The largest absolute Gasteiger partial charge is 0.459 e. The minimum atomic E-state index is -0.726. The molecule has 4 rings (SSSR count). The van der Waals surface area contributed by atoms with Crippen molar-refractivity contribution in [1.29, 1.82) is 0 Å². The number of thiophene rings is 1. The van der Waals surface area contributed by atoms with Gasteiger partial charge in [-0.3, -0.25) is 9.59 Å². The van der Waals surface area contributed by atoms with Gasteiger partial charge < -0.3 is 19.6 Å². The number of rotatable bonds is 6. The van der Waals surface area contributed by atoms with E-state index in [1.807, 2.05) is 13.0 Å². The van der Waals surface area contributed by atoms with Gasteiger partial charge >= 0.3 is 0 Å². The van der Waals surface area contributed by atoms with Gasteiger partial charge in [-0.15, -0.1) is 11.3 Å². The Morgan fingerprint density at radius 1 is 1.36 bits per heavy atom. The monoisotopic (exact) mass is 400 g/mol. The molecule has 9 heteroatoms. The normalized spacial score (nSPS) is 15.1. The average Bonchev–Trinajstić information content (AvgIpc) is 3.35. The van der Waals surface area contributed by atoms with E-state index in [0.29, 0.717) is 23.3 Å². The lowest BCUT2D eigenvalue weighted by atomic mass is 9.85. The van der Waals surface area contributed by atoms with Crippen LogP contribution in [0.5, 0.6) is 0 Å². The van der Waals surface area contributed by atoms with Crippen molar-refractivity contribution in [1.82, 2.24) is 15.5 Å². The molecule has 0 aromatic carbocycles. The van der Waals surface area contributed by atoms with Crippen LogP contribution in [0.25, 0.3) is 10.7 Å². The van der Waals surface area contributed by atoms with Crippen LogP contribution in [-0.4, -0.2) is 28.0 Å². The fourth-order valence-corrected chi connectivity index (χ4v) is 3.76. The molecule has 1 aliphatic carbocycles. The Bertz CT molecular complexity index is 988. The molecule has 0 spiro atoms. The van der Waals surface area contributed by atoms with Crippen LogP contribution in [0.4, 0.5) is 5.69 Å². The summed E-state index contributed by atoms with van der Waals surface area (Å²) in [5.41, 5.74) is 0.666. The Kier molecular flexibility index (Phi) is 4.99. The molecule has 146 valence electrons. The van der Waals surface area contributed by atoms with Crippen molar-refractivity contribution in [2.45, 2.75) is 45.1 Å². The van der Waals surface area contributed by atoms with Crippen molar-refractivity contribution < 1.29 is 18.5 Å². The molecule has 1 saturated carbocycles. The molecule has 1 fully saturated rings. The number of hydrogen-bond donors (Lipinski definition) is 2. The lowest BCUT2D eigenvalue weighted by Crippen LogP contribution is -2.41. The molecule has 0 radical (unpaired) electrons. The Morgan fingerprint density at radius 3 is 2.86 bits per heavy atom. The van der Waals surface area contributed by atoms with E-state index >= 15 is 0 Å². The number of carbonyl (C=O) groups excluding carboxylic acids is 2. The molecule has 3 heterocycles. The maximum Gasteiger partial charge on any atom is 0.287 e. The van der Waals surface area contributed by atoms with Crippen LogP contribution in [-0.2, 0) is 4.79 Å². The second-order valence-corrected chi connectivity index (χ2v) is 8.08. The van der Waals surface area contributed by atoms with E-state index in [2.05, 4.69) is 20.8 Å². The summed E-state index contributed by atoms with van der Waals surface area (Å²) in [6.07, 6.45) is 4.79. The van der Waals surface area contributed by atoms with Crippen LogP contribution >= 0.6 is 11.3 Å². The van der Waals surface area contributed by atoms with E-state index in [4.69, 9.17) is 8.94 Å². The number of nitrogens with one attached hydrogen (secondary N) is 2. The zero-order valence-corrected chi connectivity index (χ0v) is 16.3. The Hall–Kier alpha value is -2.94. The molecule has 3 aromatic heterocycles. The van der Waals surface area contributed by atoms with Gasteiger partial charge in [0, 0.05) is 10.8 Å². The third-order valence-corrected chi connectivity index (χ3v) is 5.82. The highest BCUT2D eigenvalue weighted by Gasteiger charge is 2.26. The molecule has 28 heavy (non-hydrogen) atoms. The molecule has 1 unspecified atom stereocenters. The molecule has 1 atom stereocenters. The molecule has 1 aliphatic rings. The lowest BCUT2D eigenvalue weighted by molar-refractivity contribution is -0.117. The van der Waals surface area contributed by atoms with E-state index in [1.165, 1.54) is 30.1 Å². The smallest absolute Gasteiger partial charge is 0.287 e. The molecule has 0 bridgehead atoms. The summed E-state index contributed by atoms with van der Waals surface area (Å²) >= 11 is 1.48. The van der Waals surface area contributed by atoms with E-state index in [1.54, 1.807) is 13.0 Å². The van der Waals surface area contributed by atoms with Crippen LogP contribution in [0, 0.1) is 6.92 Å². The van der Waals surface area contributed by atoms with Gasteiger partial charge in [-0.25, -0.2) is 0 Å². The van der Waals surface area contributed by atoms with Crippen LogP contribution in [0.3, 0.4) is 0 Å². The SMILES string of the molecule is Cc1sc(-c2noc(C3CCC3)n2)cc1NC(=O)C(C)NC(=O)c1ccco1. The average molecular weight is 400 g/mol. The Labute approximate surface area is 165 Å². The van der Waals surface area contributed by atoms with Crippen molar-refractivity contribution in [3.8, 4) is 10.7 Å². The molecular weight excluding hydrogens is 380 g/mol. The number of hydrogen-bond acceptors (Lipinski definition) is 7. The minimum Gasteiger partial charge on any atom is -0.459 e. The predicted molar refractivity (Wildman–Crippen MR) is 103 cm³/mol. The predicted octanol–water partition coefficient (Wildman–Crippen LogP) is 3.72. The summed E-state index contributed by atoms with van der Waals surface area (Å²) in [5.74, 6) is 0.997. The van der Waals surface area contributed by atoms with Crippen LogP contribution < -0.4 is 10.6 Å². The fraction of sp³-hybridized carbons (Fsp3) is 0.368. The number of amides is 2. The van der Waals surface area contributed by atoms with Gasteiger partial charge in [-0.1, -0.05) is 11.6 Å². The molecule has 0 saturated heterocycles. The number of nitrogens with zero attached hydrogens (tertiary/aromatic N) is 2. The Balaban J connectivity index is 1.41. The van der Waals surface area contributed by atoms with Crippen LogP contribution in [0.1, 0.15) is 53.4 Å². The third kappa shape index (κ3) is 3.70. The van der Waals surface area contributed by atoms with Gasteiger partial charge in [0.2, 0.25) is 17.6 Å². The maximum absolute atomic E-state index is 12.5. The first kappa shape index (κ1) is 18.4. The van der Waals surface area contributed by atoms with Gasteiger partial charge in [0.05, 0.1) is 16.8 Å². The van der Waals surface area contributed by atoms with E-state index in [9.17, 15) is 9.59 Å². The summed E-state index contributed by atoms with van der Waals surface area (Å²) in [7, 11) is 0. The number of anilines is 1. The number of furan rings is 1. The van der Waals surface area contributed by atoms with Gasteiger partial charge in [-0.05, 0) is 44.9 Å². The maximum atomic E-state index is 12.5. The molecule has 3 aromatic rings. The third-order valence-electron chi connectivity index (χ3n) is 4.78. The zero-order chi connectivity index (χ0) is 19.7. The van der Waals surface area contributed by atoms with Crippen molar-refractivity contribution >= 4 is 28.8 Å². The first-order valence-corrected chi connectivity index (χ1v) is 9.92. The van der Waals surface area contributed by atoms with Crippen molar-refractivity contribution in [2.24, 2.45) is 0 Å². The molecule has 0 aliphatic heterocycles. The number of aryl methyl sites for hydroxylation is 1. The van der Waals surface area contributed by atoms with E-state index in [0.717, 1.165) is 22.6 Å². The van der Waals surface area contributed by atoms with Crippen LogP contribution in [0.15, 0.2) is 33.4 Å². The van der Waals surface area contributed by atoms with Crippen molar-refractivity contribution in [2.75, 3.05) is 5.32 Å². The lowest BCUT2D eigenvalue weighted by Gasteiger charge is -2.20. The zero-order valence-electron chi connectivity index (χ0n) is 15.5. The highest BCUT2D eigenvalue weighted by molar-refractivity contribution is 7.16. The fourth-order valence-electron chi connectivity index (χ4n) is 2.85. The van der Waals surface area contributed by atoms with Gasteiger partial charge in [0.15, 0.2) is 5.76 Å².